The Bertz CT molecular complexity index is 641. The summed E-state index contributed by atoms with van der Waals surface area (Å²) in [5, 5.41) is 2.10. The summed E-state index contributed by atoms with van der Waals surface area (Å²) in [6.07, 6.45) is 1.54. The van der Waals surface area contributed by atoms with Gasteiger partial charge in [-0.25, -0.2) is 4.98 Å². The Balaban J connectivity index is 1.53. The maximum atomic E-state index is 12.6. The van der Waals surface area contributed by atoms with Gasteiger partial charge in [-0.1, -0.05) is 29.8 Å². The Morgan fingerprint density at radius 1 is 1.26 bits per heavy atom. The Hall–Kier alpha value is -1.72. The van der Waals surface area contributed by atoms with Gasteiger partial charge < -0.3 is 4.90 Å². The molecule has 122 valence electrons. The molecule has 1 saturated heterocycles. The maximum absolute atomic E-state index is 12.6. The molecule has 1 amide bonds. The van der Waals surface area contributed by atoms with Crippen molar-refractivity contribution < 1.29 is 4.79 Å². The van der Waals surface area contributed by atoms with Crippen molar-refractivity contribution in [3.8, 4) is 0 Å². The number of amides is 1. The molecule has 3 rings (SSSR count). The molecule has 1 aliphatic heterocycles. The minimum absolute atomic E-state index is 0.242. The molecule has 0 spiro atoms. The molecule has 0 bridgehead atoms. The first kappa shape index (κ1) is 16.1. The van der Waals surface area contributed by atoms with E-state index in [4.69, 9.17) is 0 Å². The van der Waals surface area contributed by atoms with Crippen LogP contribution in [0.5, 0.6) is 0 Å². The van der Waals surface area contributed by atoms with Crippen molar-refractivity contribution in [2.45, 2.75) is 26.3 Å². The molecule has 5 heteroatoms. The van der Waals surface area contributed by atoms with Crippen LogP contribution in [0.25, 0.3) is 0 Å². The van der Waals surface area contributed by atoms with Crippen LogP contribution >= 0.6 is 11.3 Å². The lowest BCUT2D eigenvalue weighted by atomic mass is 10.1. The molecular formula is C18H23N3OS. The first-order valence-electron chi connectivity index (χ1n) is 8.13. The highest BCUT2D eigenvalue weighted by atomic mass is 32.1. The van der Waals surface area contributed by atoms with Crippen molar-refractivity contribution in [3.05, 3.63) is 52.0 Å². The van der Waals surface area contributed by atoms with E-state index in [1.165, 1.54) is 5.56 Å². The van der Waals surface area contributed by atoms with Crippen LogP contribution in [-0.2, 0) is 17.8 Å². The lowest BCUT2D eigenvalue weighted by molar-refractivity contribution is -0.130. The molecule has 1 fully saturated rings. The highest BCUT2D eigenvalue weighted by Crippen LogP contribution is 2.11. The fourth-order valence-corrected chi connectivity index (χ4v) is 3.58. The van der Waals surface area contributed by atoms with Crippen LogP contribution in [0.1, 0.15) is 23.2 Å². The monoisotopic (exact) mass is 329 g/mol. The Kier molecular flexibility index (Phi) is 5.41. The SMILES string of the molecule is Cc1cccc(CC(=O)N2CCCN(Cc3cscn3)CC2)c1. The second-order valence-corrected chi connectivity index (χ2v) is 6.87. The third kappa shape index (κ3) is 4.62. The molecule has 2 aromatic rings. The average Bonchev–Trinajstić information content (AvgIpc) is 2.91. The highest BCUT2D eigenvalue weighted by Gasteiger charge is 2.19. The van der Waals surface area contributed by atoms with E-state index in [9.17, 15) is 4.79 Å². The number of aromatic nitrogens is 1. The van der Waals surface area contributed by atoms with Gasteiger partial charge in [-0.3, -0.25) is 9.69 Å². The van der Waals surface area contributed by atoms with E-state index in [2.05, 4.69) is 34.3 Å². The number of thiazole rings is 1. The average molecular weight is 329 g/mol. The van der Waals surface area contributed by atoms with Crippen molar-refractivity contribution in [2.75, 3.05) is 26.2 Å². The largest absolute Gasteiger partial charge is 0.341 e. The number of rotatable bonds is 4. The van der Waals surface area contributed by atoms with E-state index in [0.717, 1.165) is 50.4 Å². The Labute approximate surface area is 141 Å². The minimum atomic E-state index is 0.242. The van der Waals surface area contributed by atoms with Crippen LogP contribution in [0, 0.1) is 6.92 Å². The van der Waals surface area contributed by atoms with E-state index >= 15 is 0 Å². The van der Waals surface area contributed by atoms with Gasteiger partial charge in [0.15, 0.2) is 0 Å². The summed E-state index contributed by atoms with van der Waals surface area (Å²) in [5.74, 6) is 0.242. The van der Waals surface area contributed by atoms with Crippen molar-refractivity contribution in [1.82, 2.24) is 14.8 Å². The molecule has 23 heavy (non-hydrogen) atoms. The van der Waals surface area contributed by atoms with Crippen LogP contribution in [0.4, 0.5) is 0 Å². The summed E-state index contributed by atoms with van der Waals surface area (Å²) >= 11 is 1.64. The van der Waals surface area contributed by atoms with E-state index in [0.29, 0.717) is 6.42 Å². The molecule has 0 aliphatic carbocycles. The van der Waals surface area contributed by atoms with Gasteiger partial charge in [0.25, 0.3) is 0 Å². The smallest absolute Gasteiger partial charge is 0.227 e. The maximum Gasteiger partial charge on any atom is 0.227 e. The summed E-state index contributed by atoms with van der Waals surface area (Å²) in [4.78, 5) is 21.3. The Morgan fingerprint density at radius 3 is 2.96 bits per heavy atom. The molecule has 0 radical (unpaired) electrons. The van der Waals surface area contributed by atoms with Crippen LogP contribution in [0.3, 0.4) is 0 Å². The van der Waals surface area contributed by atoms with Gasteiger partial charge in [0.1, 0.15) is 0 Å². The van der Waals surface area contributed by atoms with E-state index in [1.807, 2.05) is 22.5 Å². The van der Waals surface area contributed by atoms with Crippen molar-refractivity contribution in [1.29, 1.82) is 0 Å². The number of nitrogens with zero attached hydrogens (tertiary/aromatic N) is 3. The fourth-order valence-electron chi connectivity index (χ4n) is 3.03. The molecule has 0 unspecified atom stereocenters. The van der Waals surface area contributed by atoms with Crippen LogP contribution < -0.4 is 0 Å². The van der Waals surface area contributed by atoms with Crippen LogP contribution in [-0.4, -0.2) is 46.9 Å². The summed E-state index contributed by atoms with van der Waals surface area (Å²) < 4.78 is 0. The van der Waals surface area contributed by atoms with Gasteiger partial charge in [0.05, 0.1) is 17.6 Å². The van der Waals surface area contributed by atoms with Crippen LogP contribution in [0.15, 0.2) is 35.2 Å². The molecule has 1 aromatic carbocycles. The third-order valence-corrected chi connectivity index (χ3v) is 4.88. The lowest BCUT2D eigenvalue weighted by Gasteiger charge is -2.21. The van der Waals surface area contributed by atoms with Gasteiger partial charge in [-0.15, -0.1) is 11.3 Å². The molecule has 0 saturated carbocycles. The summed E-state index contributed by atoms with van der Waals surface area (Å²) in [6, 6.07) is 8.23. The van der Waals surface area contributed by atoms with Crippen molar-refractivity contribution in [2.24, 2.45) is 0 Å². The normalized spacial score (nSPS) is 16.3. The zero-order chi connectivity index (χ0) is 16.1. The first-order chi connectivity index (χ1) is 11.2. The Morgan fingerprint density at radius 2 is 2.17 bits per heavy atom. The predicted octanol–water partition coefficient (Wildman–Crippen LogP) is 2.73. The molecule has 0 atom stereocenters. The van der Waals surface area contributed by atoms with E-state index in [-0.39, 0.29) is 5.91 Å². The zero-order valence-electron chi connectivity index (χ0n) is 13.6. The second kappa shape index (κ2) is 7.70. The number of carbonyl (C=O) groups is 1. The molecule has 2 heterocycles. The van der Waals surface area contributed by atoms with Gasteiger partial charge in [-0.05, 0) is 18.9 Å². The highest BCUT2D eigenvalue weighted by molar-refractivity contribution is 7.07. The number of aryl methyl sites for hydroxylation is 1. The van der Waals surface area contributed by atoms with Gasteiger partial charge in [-0.2, -0.15) is 0 Å². The van der Waals surface area contributed by atoms with Gasteiger partial charge in [0.2, 0.25) is 5.91 Å². The third-order valence-electron chi connectivity index (χ3n) is 4.25. The van der Waals surface area contributed by atoms with Crippen molar-refractivity contribution >= 4 is 17.2 Å². The summed E-state index contributed by atoms with van der Waals surface area (Å²) in [7, 11) is 0. The summed E-state index contributed by atoms with van der Waals surface area (Å²) in [6.45, 7) is 6.59. The molecule has 0 N–H and O–H groups in total. The topological polar surface area (TPSA) is 36.4 Å². The standard InChI is InChI=1S/C18H23N3OS/c1-15-4-2-5-16(10-15)11-18(22)21-7-3-6-20(8-9-21)12-17-13-23-14-19-17/h2,4-5,10,13-14H,3,6-9,11-12H2,1H3. The number of hydrogen-bond donors (Lipinski definition) is 0. The van der Waals surface area contributed by atoms with Gasteiger partial charge >= 0.3 is 0 Å². The zero-order valence-corrected chi connectivity index (χ0v) is 14.4. The molecule has 1 aromatic heterocycles. The fraction of sp³-hybridized carbons (Fsp3) is 0.444. The second-order valence-electron chi connectivity index (χ2n) is 6.16. The predicted molar refractivity (Wildman–Crippen MR) is 93.5 cm³/mol. The van der Waals surface area contributed by atoms with E-state index < -0.39 is 0 Å². The van der Waals surface area contributed by atoms with Gasteiger partial charge in [0, 0.05) is 38.1 Å². The molecule has 4 nitrogen and oxygen atoms in total. The lowest BCUT2D eigenvalue weighted by Crippen LogP contribution is -2.36. The number of benzene rings is 1. The summed E-state index contributed by atoms with van der Waals surface area (Å²) in [5.41, 5.74) is 5.33. The number of carbonyl (C=O) groups excluding carboxylic acids is 1. The first-order valence-corrected chi connectivity index (χ1v) is 9.08. The number of hydrogen-bond acceptors (Lipinski definition) is 4. The molecular weight excluding hydrogens is 306 g/mol. The van der Waals surface area contributed by atoms with Crippen molar-refractivity contribution in [3.63, 3.8) is 0 Å². The quantitative estimate of drug-likeness (QED) is 0.865. The van der Waals surface area contributed by atoms with E-state index in [1.54, 1.807) is 11.3 Å². The van der Waals surface area contributed by atoms with Crippen LogP contribution in [0.2, 0.25) is 0 Å². The molecule has 1 aliphatic rings. The minimum Gasteiger partial charge on any atom is -0.341 e.